The second-order valence-corrected chi connectivity index (χ2v) is 15.2. The zero-order chi connectivity index (χ0) is 38.9. The highest BCUT2D eigenvalue weighted by atomic mass is 16.5. The summed E-state index contributed by atoms with van der Waals surface area (Å²) in [5.74, 6) is 1.06. The molecule has 10 nitrogen and oxygen atoms in total. The van der Waals surface area contributed by atoms with Gasteiger partial charge in [-0.05, 0) is 76.2 Å². The van der Waals surface area contributed by atoms with E-state index in [2.05, 4.69) is 43.3 Å². The average Bonchev–Trinajstić information content (AvgIpc) is 3.11. The van der Waals surface area contributed by atoms with Crippen molar-refractivity contribution in [1.82, 2.24) is 10.6 Å². The molecule has 0 aromatic carbocycles. The topological polar surface area (TPSA) is 158 Å². The van der Waals surface area contributed by atoms with E-state index in [1.807, 2.05) is 0 Å². The van der Waals surface area contributed by atoms with Gasteiger partial charge in [-0.1, -0.05) is 118 Å². The number of ether oxygens (including phenoxy) is 2. The second kappa shape index (κ2) is 32.6. The van der Waals surface area contributed by atoms with E-state index in [9.17, 15) is 14.4 Å². The molecule has 3 unspecified atom stereocenters. The predicted molar refractivity (Wildman–Crippen MR) is 219 cm³/mol. The first-order valence-electron chi connectivity index (χ1n) is 21.9. The number of carbonyl (C=O) groups is 3. The third kappa shape index (κ3) is 24.3. The number of guanidine groups is 1. The van der Waals surface area contributed by atoms with Crippen molar-refractivity contribution in [1.29, 1.82) is 0 Å². The number of carbonyl (C=O) groups excluding carboxylic acids is 3. The van der Waals surface area contributed by atoms with Crippen molar-refractivity contribution in [2.24, 2.45) is 28.3 Å². The van der Waals surface area contributed by atoms with Crippen molar-refractivity contribution >= 4 is 23.7 Å². The molecule has 6 N–H and O–H groups in total. The molecule has 0 aromatic heterocycles. The first kappa shape index (κ1) is 48.2. The fourth-order valence-electron chi connectivity index (χ4n) is 7.00. The number of hydrogen-bond acceptors (Lipinski definition) is 6. The Morgan fingerprint density at radius 2 is 1.25 bits per heavy atom. The van der Waals surface area contributed by atoms with Crippen LogP contribution in [-0.2, 0) is 23.9 Å². The highest BCUT2D eigenvalue weighted by Crippen LogP contribution is 2.37. The quantitative estimate of drug-likeness (QED) is 0.0165. The van der Waals surface area contributed by atoms with Crippen LogP contribution in [0.15, 0.2) is 16.3 Å². The molecule has 3 atom stereocenters. The summed E-state index contributed by atoms with van der Waals surface area (Å²) >= 11 is 0. The Labute approximate surface area is 324 Å². The Morgan fingerprint density at radius 3 is 1.87 bits per heavy atom. The lowest BCUT2D eigenvalue weighted by Gasteiger charge is -2.28. The Hall–Kier alpha value is -2.78. The van der Waals surface area contributed by atoms with Crippen LogP contribution in [0.25, 0.3) is 0 Å². The van der Waals surface area contributed by atoms with Gasteiger partial charge >= 0.3 is 5.97 Å². The standard InChI is InChI=1S/C43H81N5O5/c1-5-9-12-14-15-18-25-35(24-17-13-10-6-2)40(36-27-21-28-36)52-34-22-29-39(49)48-38(30-32-47-43(44)45)41(50)46-31-19-20-33-53-42(51)37(23-8-4)26-16-11-7-3/h35,37-38H,5-34H2,1-4H3,(H,46,50)(H,48,49)(H4,44,45,47). The maximum absolute atomic E-state index is 13.1. The van der Waals surface area contributed by atoms with Crippen LogP contribution in [0.2, 0.25) is 0 Å². The maximum atomic E-state index is 13.1. The van der Waals surface area contributed by atoms with E-state index in [-0.39, 0.29) is 49.0 Å². The molecule has 308 valence electrons. The van der Waals surface area contributed by atoms with Gasteiger partial charge in [-0.15, -0.1) is 0 Å². The third-order valence-electron chi connectivity index (χ3n) is 10.4. The summed E-state index contributed by atoms with van der Waals surface area (Å²) in [5.41, 5.74) is 12.5. The van der Waals surface area contributed by atoms with Gasteiger partial charge in [0, 0.05) is 25.4 Å². The van der Waals surface area contributed by atoms with Gasteiger partial charge in [-0.25, -0.2) is 0 Å². The van der Waals surface area contributed by atoms with Gasteiger partial charge in [0.1, 0.15) is 6.04 Å². The van der Waals surface area contributed by atoms with Gasteiger partial charge in [-0.3, -0.25) is 19.4 Å². The third-order valence-corrected chi connectivity index (χ3v) is 10.4. The summed E-state index contributed by atoms with van der Waals surface area (Å²) in [5, 5.41) is 5.84. The number of nitrogens with two attached hydrogens (primary N) is 2. The SMILES string of the molecule is CCCCCCCCC(CCCCCC)C(OCCCC(=O)NC(CCN=C(N)N)C(=O)NCCCCOC(=O)C(CCC)CCCCC)=C1CCC1. The van der Waals surface area contributed by atoms with Crippen molar-refractivity contribution in [2.45, 2.75) is 201 Å². The van der Waals surface area contributed by atoms with Gasteiger partial charge in [-0.2, -0.15) is 0 Å². The number of nitrogens with one attached hydrogen (secondary N) is 2. The Bertz CT molecular complexity index is 1020. The summed E-state index contributed by atoms with van der Waals surface area (Å²) in [6.45, 7) is 10.3. The van der Waals surface area contributed by atoms with Crippen LogP contribution in [0.3, 0.4) is 0 Å². The molecule has 1 fully saturated rings. The van der Waals surface area contributed by atoms with E-state index >= 15 is 0 Å². The summed E-state index contributed by atoms with van der Waals surface area (Å²) in [4.78, 5) is 42.8. The fraction of sp³-hybridized carbons (Fsp3) is 0.860. The lowest BCUT2D eigenvalue weighted by atomic mass is 9.83. The number of allylic oxidation sites excluding steroid dienone is 2. The molecule has 0 saturated heterocycles. The number of amides is 2. The van der Waals surface area contributed by atoms with E-state index in [0.29, 0.717) is 44.9 Å². The van der Waals surface area contributed by atoms with Gasteiger partial charge < -0.3 is 31.6 Å². The van der Waals surface area contributed by atoms with Crippen molar-refractivity contribution in [3.05, 3.63) is 11.3 Å². The van der Waals surface area contributed by atoms with E-state index < -0.39 is 6.04 Å². The fourth-order valence-corrected chi connectivity index (χ4v) is 7.00. The molecule has 0 aromatic rings. The molecule has 0 heterocycles. The monoisotopic (exact) mass is 748 g/mol. The molecule has 1 rings (SSSR count). The maximum Gasteiger partial charge on any atom is 0.308 e. The molecule has 0 aliphatic heterocycles. The first-order valence-corrected chi connectivity index (χ1v) is 21.9. The van der Waals surface area contributed by atoms with Crippen molar-refractivity contribution < 1.29 is 23.9 Å². The van der Waals surface area contributed by atoms with E-state index in [4.69, 9.17) is 20.9 Å². The highest BCUT2D eigenvalue weighted by molar-refractivity contribution is 5.87. The Balaban J connectivity index is 2.61. The molecule has 2 amide bonds. The molecule has 53 heavy (non-hydrogen) atoms. The lowest BCUT2D eigenvalue weighted by molar-refractivity contribution is -0.149. The van der Waals surface area contributed by atoms with Crippen molar-refractivity contribution in [2.75, 3.05) is 26.3 Å². The number of nitrogens with zero attached hydrogens (tertiary/aromatic N) is 1. The van der Waals surface area contributed by atoms with Crippen LogP contribution in [0.1, 0.15) is 195 Å². The molecular formula is C43H81N5O5. The van der Waals surface area contributed by atoms with Gasteiger partial charge in [0.15, 0.2) is 5.96 Å². The van der Waals surface area contributed by atoms with Crippen molar-refractivity contribution in [3.63, 3.8) is 0 Å². The second-order valence-electron chi connectivity index (χ2n) is 15.2. The normalized spacial score (nSPS) is 14.1. The molecule has 0 spiro atoms. The number of aliphatic imine (C=N–C) groups is 1. The molecule has 1 aliphatic carbocycles. The predicted octanol–water partition coefficient (Wildman–Crippen LogP) is 9.14. The summed E-state index contributed by atoms with van der Waals surface area (Å²) in [7, 11) is 0. The molecule has 0 radical (unpaired) electrons. The zero-order valence-electron chi connectivity index (χ0n) is 34.6. The molecule has 10 heteroatoms. The summed E-state index contributed by atoms with van der Waals surface area (Å²) in [6.07, 6.45) is 27.2. The number of unbranched alkanes of at least 4 members (excludes halogenated alkanes) is 11. The van der Waals surface area contributed by atoms with E-state index in [0.717, 1.165) is 51.4 Å². The summed E-state index contributed by atoms with van der Waals surface area (Å²) in [6, 6.07) is -0.750. The average molecular weight is 748 g/mol. The molecule has 0 bridgehead atoms. The van der Waals surface area contributed by atoms with Gasteiger partial charge in [0.2, 0.25) is 11.8 Å². The van der Waals surface area contributed by atoms with Crippen LogP contribution in [-0.4, -0.2) is 56.1 Å². The largest absolute Gasteiger partial charge is 0.498 e. The van der Waals surface area contributed by atoms with Crippen molar-refractivity contribution in [3.8, 4) is 0 Å². The Morgan fingerprint density at radius 1 is 0.660 bits per heavy atom. The molecule has 1 aliphatic rings. The van der Waals surface area contributed by atoms with Crippen LogP contribution in [0, 0.1) is 11.8 Å². The van der Waals surface area contributed by atoms with E-state index in [1.165, 1.54) is 94.8 Å². The first-order chi connectivity index (χ1) is 25.8. The minimum absolute atomic E-state index is 0.0265. The Kier molecular flexibility index (Phi) is 29.7. The molecule has 1 saturated carbocycles. The molecular weight excluding hydrogens is 667 g/mol. The minimum atomic E-state index is -0.750. The minimum Gasteiger partial charge on any atom is -0.498 e. The van der Waals surface area contributed by atoms with Gasteiger partial charge in [0.05, 0.1) is 24.9 Å². The van der Waals surface area contributed by atoms with E-state index in [1.54, 1.807) is 0 Å². The van der Waals surface area contributed by atoms with Crippen LogP contribution in [0.5, 0.6) is 0 Å². The smallest absolute Gasteiger partial charge is 0.308 e. The zero-order valence-corrected chi connectivity index (χ0v) is 34.6. The lowest BCUT2D eigenvalue weighted by Crippen LogP contribution is -2.47. The van der Waals surface area contributed by atoms with Crippen LogP contribution >= 0.6 is 0 Å². The summed E-state index contributed by atoms with van der Waals surface area (Å²) < 4.78 is 12.1. The number of esters is 1. The number of rotatable bonds is 35. The highest BCUT2D eigenvalue weighted by Gasteiger charge is 2.25. The van der Waals surface area contributed by atoms with Crippen LogP contribution in [0.4, 0.5) is 0 Å². The number of hydrogen-bond donors (Lipinski definition) is 4. The van der Waals surface area contributed by atoms with Gasteiger partial charge in [0.25, 0.3) is 0 Å². The van der Waals surface area contributed by atoms with Crippen LogP contribution < -0.4 is 22.1 Å².